The SMILES string of the molecule is COc1ccc(-c2cccc(S(=O)(=O)NC3CCCN(CC(=O)N4CCCC4CN4CCCC4)C3=O)c2)cc1OC. The van der Waals surface area contributed by atoms with Gasteiger partial charge in [0.1, 0.15) is 6.04 Å². The van der Waals surface area contributed by atoms with E-state index in [1.165, 1.54) is 23.8 Å². The van der Waals surface area contributed by atoms with E-state index in [9.17, 15) is 18.0 Å². The number of carbonyl (C=O) groups is 2. The quantitative estimate of drug-likeness (QED) is 0.458. The van der Waals surface area contributed by atoms with Gasteiger partial charge >= 0.3 is 0 Å². The molecule has 3 heterocycles. The van der Waals surface area contributed by atoms with E-state index in [1.807, 2.05) is 17.0 Å². The fourth-order valence-corrected chi connectivity index (χ4v) is 7.46. The molecule has 2 atom stereocenters. The number of hydrogen-bond acceptors (Lipinski definition) is 7. The summed E-state index contributed by atoms with van der Waals surface area (Å²) in [6.07, 6.45) is 5.39. The largest absolute Gasteiger partial charge is 0.493 e. The van der Waals surface area contributed by atoms with Crippen LogP contribution in [0, 0.1) is 0 Å². The molecule has 3 aliphatic heterocycles. The second kappa shape index (κ2) is 12.8. The molecular weight excluding hydrogens is 544 g/mol. The normalized spacial score (nSPS) is 21.9. The highest BCUT2D eigenvalue weighted by atomic mass is 32.2. The second-order valence-electron chi connectivity index (χ2n) is 11.1. The third kappa shape index (κ3) is 6.68. The molecule has 0 radical (unpaired) electrons. The summed E-state index contributed by atoms with van der Waals surface area (Å²) in [6, 6.07) is 11.2. The predicted molar refractivity (Wildman–Crippen MR) is 155 cm³/mol. The first-order chi connectivity index (χ1) is 19.8. The third-order valence-electron chi connectivity index (χ3n) is 8.38. The van der Waals surface area contributed by atoms with Crippen molar-refractivity contribution in [3.05, 3.63) is 42.5 Å². The molecule has 41 heavy (non-hydrogen) atoms. The Balaban J connectivity index is 1.24. The summed E-state index contributed by atoms with van der Waals surface area (Å²) >= 11 is 0. The van der Waals surface area contributed by atoms with Crippen LogP contribution in [-0.2, 0) is 19.6 Å². The zero-order chi connectivity index (χ0) is 29.0. The van der Waals surface area contributed by atoms with Gasteiger partial charge in [-0.05, 0) is 87.0 Å². The van der Waals surface area contributed by atoms with Crippen LogP contribution in [0.2, 0.25) is 0 Å². The highest BCUT2D eigenvalue weighted by Gasteiger charge is 2.36. The van der Waals surface area contributed by atoms with Gasteiger partial charge in [-0.2, -0.15) is 4.72 Å². The minimum atomic E-state index is -4.00. The number of nitrogens with zero attached hydrogens (tertiary/aromatic N) is 3. The highest BCUT2D eigenvalue weighted by molar-refractivity contribution is 7.89. The van der Waals surface area contributed by atoms with Crippen LogP contribution in [0.4, 0.5) is 0 Å². The Kier molecular flexibility index (Phi) is 9.16. The van der Waals surface area contributed by atoms with E-state index in [1.54, 1.807) is 38.5 Å². The Morgan fingerprint density at radius 1 is 0.902 bits per heavy atom. The van der Waals surface area contributed by atoms with Gasteiger partial charge in [0.15, 0.2) is 11.5 Å². The van der Waals surface area contributed by atoms with E-state index in [0.29, 0.717) is 43.0 Å². The van der Waals surface area contributed by atoms with Crippen molar-refractivity contribution >= 4 is 21.8 Å². The maximum absolute atomic E-state index is 13.4. The molecule has 5 rings (SSSR count). The summed E-state index contributed by atoms with van der Waals surface area (Å²) in [4.78, 5) is 32.6. The molecule has 0 saturated carbocycles. The third-order valence-corrected chi connectivity index (χ3v) is 9.85. The molecule has 1 N–H and O–H groups in total. The number of hydrogen-bond donors (Lipinski definition) is 1. The molecule has 2 aromatic rings. The van der Waals surface area contributed by atoms with Crippen molar-refractivity contribution < 1.29 is 27.5 Å². The molecule has 2 aromatic carbocycles. The van der Waals surface area contributed by atoms with E-state index in [2.05, 4.69) is 9.62 Å². The van der Waals surface area contributed by atoms with E-state index in [4.69, 9.17) is 9.47 Å². The standard InChI is InChI=1S/C30H40N4O6S/c1-39-27-13-12-23(19-28(27)40-2)22-8-5-10-25(18-22)41(37,38)31-26-11-7-16-33(30(26)36)21-29(35)34-17-6-9-24(34)20-32-14-3-4-15-32/h5,8,10,12-13,18-19,24,26,31H,3-4,6-7,9,11,14-17,20-21H2,1-2H3. The summed E-state index contributed by atoms with van der Waals surface area (Å²) in [5.41, 5.74) is 1.45. The summed E-state index contributed by atoms with van der Waals surface area (Å²) in [6.45, 7) is 4.21. The topological polar surface area (TPSA) is 108 Å². The fraction of sp³-hybridized carbons (Fsp3) is 0.533. The first-order valence-corrected chi connectivity index (χ1v) is 15.9. The van der Waals surface area contributed by atoms with Crippen molar-refractivity contribution in [2.75, 3.05) is 53.5 Å². The number of methoxy groups -OCH3 is 2. The van der Waals surface area contributed by atoms with E-state index < -0.39 is 16.1 Å². The molecule has 2 amide bonds. The number of amides is 2. The van der Waals surface area contributed by atoms with Crippen LogP contribution in [0.5, 0.6) is 11.5 Å². The average Bonchev–Trinajstić information content (AvgIpc) is 3.67. The second-order valence-corrected chi connectivity index (χ2v) is 12.8. The zero-order valence-electron chi connectivity index (χ0n) is 23.9. The summed E-state index contributed by atoms with van der Waals surface area (Å²) < 4.78 is 40.1. The Hall–Kier alpha value is -3.15. The van der Waals surface area contributed by atoms with Crippen molar-refractivity contribution in [3.63, 3.8) is 0 Å². The van der Waals surface area contributed by atoms with Gasteiger partial charge in [0.25, 0.3) is 0 Å². The van der Waals surface area contributed by atoms with Crippen molar-refractivity contribution in [2.45, 2.75) is 55.5 Å². The van der Waals surface area contributed by atoms with Gasteiger partial charge in [0, 0.05) is 25.7 Å². The molecule has 11 heteroatoms. The highest BCUT2D eigenvalue weighted by Crippen LogP contribution is 2.33. The van der Waals surface area contributed by atoms with Crippen LogP contribution in [0.15, 0.2) is 47.4 Å². The number of likely N-dealkylation sites (tertiary alicyclic amines) is 3. The Morgan fingerprint density at radius 2 is 1.63 bits per heavy atom. The van der Waals surface area contributed by atoms with Crippen molar-refractivity contribution in [1.82, 2.24) is 19.4 Å². The molecule has 2 unspecified atom stereocenters. The predicted octanol–water partition coefficient (Wildman–Crippen LogP) is 2.73. The lowest BCUT2D eigenvalue weighted by molar-refractivity contribution is -0.143. The zero-order valence-corrected chi connectivity index (χ0v) is 24.7. The molecule has 3 aliphatic rings. The van der Waals surface area contributed by atoms with E-state index in [0.717, 1.165) is 38.0 Å². The lowest BCUT2D eigenvalue weighted by Gasteiger charge is -2.34. The number of benzene rings is 2. The number of carbonyl (C=O) groups excluding carboxylic acids is 2. The van der Waals surface area contributed by atoms with Crippen LogP contribution in [0.3, 0.4) is 0 Å². The summed E-state index contributed by atoms with van der Waals surface area (Å²) in [5, 5.41) is 0. The van der Waals surface area contributed by atoms with Gasteiger partial charge in [0.2, 0.25) is 21.8 Å². The van der Waals surface area contributed by atoms with Gasteiger partial charge in [-0.3, -0.25) is 9.59 Å². The molecule has 10 nitrogen and oxygen atoms in total. The lowest BCUT2D eigenvalue weighted by Crippen LogP contribution is -2.55. The van der Waals surface area contributed by atoms with E-state index >= 15 is 0 Å². The van der Waals surface area contributed by atoms with E-state index in [-0.39, 0.29) is 29.3 Å². The number of nitrogens with one attached hydrogen (secondary N) is 1. The Morgan fingerprint density at radius 3 is 2.39 bits per heavy atom. The van der Waals surface area contributed by atoms with Gasteiger partial charge in [-0.1, -0.05) is 18.2 Å². The minimum absolute atomic E-state index is 0.0116. The number of piperidine rings is 1. The first-order valence-electron chi connectivity index (χ1n) is 14.4. The van der Waals surface area contributed by atoms with Crippen LogP contribution in [0.25, 0.3) is 11.1 Å². The van der Waals surface area contributed by atoms with Crippen LogP contribution in [-0.4, -0.2) is 101 Å². The van der Waals surface area contributed by atoms with Crippen LogP contribution < -0.4 is 14.2 Å². The monoisotopic (exact) mass is 584 g/mol. The molecule has 0 spiro atoms. The van der Waals surface area contributed by atoms with Crippen molar-refractivity contribution in [3.8, 4) is 22.6 Å². The van der Waals surface area contributed by atoms with Gasteiger partial charge in [0.05, 0.1) is 25.7 Å². The molecule has 3 saturated heterocycles. The number of rotatable bonds is 10. The summed E-state index contributed by atoms with van der Waals surface area (Å²) in [5.74, 6) is 0.716. The first kappa shape index (κ1) is 29.3. The van der Waals surface area contributed by atoms with Crippen LogP contribution in [0.1, 0.15) is 38.5 Å². The number of ether oxygens (including phenoxy) is 2. The maximum atomic E-state index is 13.4. The molecule has 3 fully saturated rings. The Bertz CT molecular complexity index is 1360. The molecule has 0 aromatic heterocycles. The maximum Gasteiger partial charge on any atom is 0.242 e. The molecule has 0 bridgehead atoms. The molecule has 222 valence electrons. The van der Waals surface area contributed by atoms with Crippen molar-refractivity contribution in [1.29, 1.82) is 0 Å². The van der Waals surface area contributed by atoms with Crippen LogP contribution >= 0.6 is 0 Å². The number of sulfonamides is 1. The summed E-state index contributed by atoms with van der Waals surface area (Å²) in [7, 11) is -0.897. The van der Waals surface area contributed by atoms with Gasteiger partial charge in [-0.15, -0.1) is 0 Å². The minimum Gasteiger partial charge on any atom is -0.493 e. The molecular formula is C30H40N4O6S. The smallest absolute Gasteiger partial charge is 0.242 e. The lowest BCUT2D eigenvalue weighted by atomic mass is 10.1. The molecule has 0 aliphatic carbocycles. The Labute approximate surface area is 242 Å². The average molecular weight is 585 g/mol. The van der Waals surface area contributed by atoms with Gasteiger partial charge < -0.3 is 24.2 Å². The fourth-order valence-electron chi connectivity index (χ4n) is 6.19. The van der Waals surface area contributed by atoms with Crippen molar-refractivity contribution in [2.24, 2.45) is 0 Å². The van der Waals surface area contributed by atoms with Gasteiger partial charge in [-0.25, -0.2) is 8.42 Å².